The van der Waals surface area contributed by atoms with Crippen molar-refractivity contribution in [2.24, 2.45) is 0 Å². The maximum Gasteiger partial charge on any atom is 0.0534 e. The summed E-state index contributed by atoms with van der Waals surface area (Å²) in [6.45, 7) is 7.52. The van der Waals surface area contributed by atoms with Gasteiger partial charge in [-0.25, -0.2) is 0 Å². The Bertz CT molecular complexity index is 116. The lowest BCUT2D eigenvalue weighted by molar-refractivity contribution is 0.169. The lowest BCUT2D eigenvalue weighted by atomic mass is 9.85. The van der Waals surface area contributed by atoms with Crippen LogP contribution in [0.2, 0.25) is 24.7 Å². The molecule has 0 aliphatic heterocycles. The third kappa shape index (κ3) is 1.03. The number of hydrogen-bond acceptors (Lipinski definition) is 1. The summed E-state index contributed by atoms with van der Waals surface area (Å²) >= 11 is 0. The maximum atomic E-state index is 9.21. The molecule has 10 heavy (non-hydrogen) atoms. The van der Waals surface area contributed by atoms with Gasteiger partial charge in [0.15, 0.2) is 0 Å². The summed E-state index contributed by atoms with van der Waals surface area (Å²) in [7, 11) is -1.07. The van der Waals surface area contributed by atoms with Crippen LogP contribution in [0.3, 0.4) is 0 Å². The zero-order chi connectivity index (χ0) is 7.83. The molecule has 0 aromatic carbocycles. The molecule has 60 valence electrons. The highest BCUT2D eigenvalue weighted by Crippen LogP contribution is 2.54. The molecule has 1 nitrogen and oxygen atoms in total. The van der Waals surface area contributed by atoms with E-state index in [1.165, 1.54) is 19.3 Å². The van der Waals surface area contributed by atoms with Crippen LogP contribution in [0.15, 0.2) is 0 Å². The molecule has 0 unspecified atom stereocenters. The predicted octanol–water partition coefficient (Wildman–Crippen LogP) is 2.24. The van der Waals surface area contributed by atoms with E-state index in [2.05, 4.69) is 19.6 Å². The van der Waals surface area contributed by atoms with Crippen LogP contribution in [-0.4, -0.2) is 19.8 Å². The van der Waals surface area contributed by atoms with Crippen molar-refractivity contribution in [2.75, 3.05) is 6.61 Å². The number of rotatable bonds is 2. The quantitative estimate of drug-likeness (QED) is 0.611. The van der Waals surface area contributed by atoms with Crippen molar-refractivity contribution in [1.82, 2.24) is 0 Å². The molecule has 1 aliphatic carbocycles. The van der Waals surface area contributed by atoms with Crippen molar-refractivity contribution < 1.29 is 5.11 Å². The van der Waals surface area contributed by atoms with Crippen LogP contribution >= 0.6 is 0 Å². The second kappa shape index (κ2) is 2.34. The van der Waals surface area contributed by atoms with E-state index in [1.54, 1.807) is 0 Å². The number of aliphatic hydroxyl groups is 1. The normalized spacial score (nSPS) is 24.0. The van der Waals surface area contributed by atoms with Crippen LogP contribution in [0.4, 0.5) is 0 Å². The monoisotopic (exact) mass is 158 g/mol. The average molecular weight is 158 g/mol. The summed E-state index contributed by atoms with van der Waals surface area (Å²) in [5.74, 6) is 0. The van der Waals surface area contributed by atoms with Gasteiger partial charge in [-0.1, -0.05) is 26.1 Å². The first-order chi connectivity index (χ1) is 4.52. The summed E-state index contributed by atoms with van der Waals surface area (Å²) in [5.41, 5.74) is 0. The van der Waals surface area contributed by atoms with Gasteiger partial charge in [0.25, 0.3) is 0 Å². The molecule has 0 saturated heterocycles. The molecule has 0 radical (unpaired) electrons. The zero-order valence-corrected chi connectivity index (χ0v) is 8.28. The largest absolute Gasteiger partial charge is 0.396 e. The van der Waals surface area contributed by atoms with Gasteiger partial charge in [-0.3, -0.25) is 0 Å². The lowest BCUT2D eigenvalue weighted by Crippen LogP contribution is -2.46. The third-order valence-electron chi connectivity index (χ3n) is 3.20. The Hall–Kier alpha value is 0.177. The molecular formula is C8H18OSi. The molecule has 1 saturated carbocycles. The standard InChI is InChI=1S/C8H18OSi/c1-10(2,3)8(7-9)5-4-6-8/h9H,4-7H2,1-3H3. The second-order valence-electron chi connectivity index (χ2n) is 4.54. The molecule has 0 aromatic rings. The summed E-state index contributed by atoms with van der Waals surface area (Å²) in [5, 5.41) is 9.60. The Labute approximate surface area is 64.5 Å². The first kappa shape index (κ1) is 8.28. The SMILES string of the molecule is C[Si](C)(C)C1(CO)CCC1. The second-order valence-corrected chi connectivity index (χ2v) is 10.1. The van der Waals surface area contributed by atoms with Crippen molar-refractivity contribution >= 4 is 8.07 Å². The molecule has 0 bridgehead atoms. The molecule has 0 aromatic heterocycles. The minimum atomic E-state index is -1.07. The fraction of sp³-hybridized carbons (Fsp3) is 1.00. The van der Waals surface area contributed by atoms with E-state index < -0.39 is 8.07 Å². The van der Waals surface area contributed by atoms with Gasteiger partial charge < -0.3 is 5.11 Å². The number of hydrogen-bond donors (Lipinski definition) is 1. The van der Waals surface area contributed by atoms with Crippen LogP contribution in [0, 0.1) is 0 Å². The fourth-order valence-corrected chi connectivity index (χ4v) is 4.08. The summed E-state index contributed by atoms with van der Waals surface area (Å²) in [6.07, 6.45) is 3.89. The smallest absolute Gasteiger partial charge is 0.0534 e. The fourth-order valence-electron chi connectivity index (χ4n) is 1.75. The van der Waals surface area contributed by atoms with Crippen LogP contribution in [0.1, 0.15) is 19.3 Å². The van der Waals surface area contributed by atoms with Gasteiger partial charge in [0.05, 0.1) is 8.07 Å². The summed E-state index contributed by atoms with van der Waals surface area (Å²) < 4.78 is 0. The van der Waals surface area contributed by atoms with Crippen LogP contribution in [0.5, 0.6) is 0 Å². The van der Waals surface area contributed by atoms with E-state index in [0.717, 1.165) is 0 Å². The van der Waals surface area contributed by atoms with E-state index in [-0.39, 0.29) is 0 Å². The number of aliphatic hydroxyl groups excluding tert-OH is 1. The van der Waals surface area contributed by atoms with Crippen molar-refractivity contribution in [1.29, 1.82) is 0 Å². The molecule has 1 aliphatic rings. The van der Waals surface area contributed by atoms with Crippen molar-refractivity contribution in [3.05, 3.63) is 0 Å². The van der Waals surface area contributed by atoms with E-state index in [1.807, 2.05) is 0 Å². The Balaban J connectivity index is 2.65. The van der Waals surface area contributed by atoms with Crippen LogP contribution in [0.25, 0.3) is 0 Å². The van der Waals surface area contributed by atoms with Crippen LogP contribution in [-0.2, 0) is 0 Å². The van der Waals surface area contributed by atoms with Gasteiger partial charge in [-0.15, -0.1) is 0 Å². The molecule has 0 atom stereocenters. The summed E-state index contributed by atoms with van der Waals surface area (Å²) in [4.78, 5) is 0. The van der Waals surface area contributed by atoms with Gasteiger partial charge in [0.1, 0.15) is 0 Å². The predicted molar refractivity (Wildman–Crippen MR) is 47.0 cm³/mol. The van der Waals surface area contributed by atoms with E-state index in [4.69, 9.17) is 0 Å². The Kier molecular flexibility index (Phi) is 1.94. The molecule has 0 spiro atoms. The van der Waals surface area contributed by atoms with E-state index >= 15 is 0 Å². The average Bonchev–Trinajstić information content (AvgIpc) is 1.58. The highest BCUT2D eigenvalue weighted by atomic mass is 28.3. The molecule has 0 heterocycles. The minimum absolute atomic E-state index is 0.396. The van der Waals surface area contributed by atoms with Crippen molar-refractivity contribution in [2.45, 2.75) is 43.9 Å². The first-order valence-corrected chi connectivity index (χ1v) is 7.63. The van der Waals surface area contributed by atoms with Gasteiger partial charge in [0, 0.05) is 6.61 Å². The molecule has 0 amide bonds. The molecule has 2 heteroatoms. The Morgan fingerprint density at radius 3 is 1.80 bits per heavy atom. The van der Waals surface area contributed by atoms with Crippen LogP contribution < -0.4 is 0 Å². The van der Waals surface area contributed by atoms with Gasteiger partial charge >= 0.3 is 0 Å². The Morgan fingerprint density at radius 2 is 1.80 bits per heavy atom. The Morgan fingerprint density at radius 1 is 1.30 bits per heavy atom. The van der Waals surface area contributed by atoms with E-state index in [9.17, 15) is 5.11 Å². The maximum absolute atomic E-state index is 9.21. The highest BCUT2D eigenvalue weighted by molar-refractivity contribution is 6.79. The highest BCUT2D eigenvalue weighted by Gasteiger charge is 2.46. The first-order valence-electron chi connectivity index (χ1n) is 4.13. The van der Waals surface area contributed by atoms with Gasteiger partial charge in [-0.05, 0) is 17.9 Å². The van der Waals surface area contributed by atoms with Crippen molar-refractivity contribution in [3.63, 3.8) is 0 Å². The molecular weight excluding hydrogens is 140 g/mol. The molecule has 1 rings (SSSR count). The topological polar surface area (TPSA) is 20.2 Å². The van der Waals surface area contributed by atoms with Gasteiger partial charge in [0.2, 0.25) is 0 Å². The summed E-state index contributed by atoms with van der Waals surface area (Å²) in [6, 6.07) is 0. The minimum Gasteiger partial charge on any atom is -0.396 e. The molecule has 1 fully saturated rings. The third-order valence-corrected chi connectivity index (χ3v) is 7.04. The zero-order valence-electron chi connectivity index (χ0n) is 7.28. The lowest BCUT2D eigenvalue weighted by Gasteiger charge is -2.49. The molecule has 1 N–H and O–H groups in total. The van der Waals surface area contributed by atoms with Crippen molar-refractivity contribution in [3.8, 4) is 0 Å². The van der Waals surface area contributed by atoms with Gasteiger partial charge in [-0.2, -0.15) is 0 Å². The van der Waals surface area contributed by atoms with E-state index in [0.29, 0.717) is 11.6 Å².